The minimum absolute atomic E-state index is 0. The Labute approximate surface area is 148 Å². The molecule has 3 N–H and O–H groups in total. The van der Waals surface area contributed by atoms with E-state index in [-0.39, 0.29) is 23.1 Å². The van der Waals surface area contributed by atoms with Crippen LogP contribution in [0, 0.1) is 6.92 Å². The number of thioether (sulfide) groups is 1. The summed E-state index contributed by atoms with van der Waals surface area (Å²) in [6.45, 7) is 8.55. The molecule has 0 aliphatic rings. The van der Waals surface area contributed by atoms with Gasteiger partial charge < -0.3 is 11.1 Å². The standard InChI is InChI=1S/C18H22N2OS.ClH/c1-12-10-15(22-18(2,3)4)8-9-16(12)20-17(21)13-6-5-7-14(19)11-13;/h5-11H,19H2,1-4H3,(H,20,21);1H. The highest BCUT2D eigenvalue weighted by molar-refractivity contribution is 8.00. The molecule has 0 unspecified atom stereocenters. The number of nitrogens with two attached hydrogens (primary N) is 1. The summed E-state index contributed by atoms with van der Waals surface area (Å²) in [7, 11) is 0. The first kappa shape index (κ1) is 19.4. The molecule has 2 aromatic rings. The molecule has 0 fully saturated rings. The maximum Gasteiger partial charge on any atom is 0.255 e. The Morgan fingerprint density at radius 1 is 1.13 bits per heavy atom. The van der Waals surface area contributed by atoms with Gasteiger partial charge in [0.25, 0.3) is 5.91 Å². The molecule has 2 aromatic carbocycles. The van der Waals surface area contributed by atoms with E-state index in [1.165, 1.54) is 4.90 Å². The third kappa shape index (κ3) is 5.81. The predicted octanol–water partition coefficient (Wildman–Crippen LogP) is 5.14. The number of benzene rings is 2. The Morgan fingerprint density at radius 2 is 1.83 bits per heavy atom. The summed E-state index contributed by atoms with van der Waals surface area (Å²) in [5, 5.41) is 2.94. The highest BCUT2D eigenvalue weighted by Gasteiger charge is 2.13. The van der Waals surface area contributed by atoms with Gasteiger partial charge in [-0.05, 0) is 48.9 Å². The first-order valence-corrected chi connectivity index (χ1v) is 8.03. The SMILES string of the molecule is Cc1cc(SC(C)(C)C)ccc1NC(=O)c1cccc(N)c1.Cl. The van der Waals surface area contributed by atoms with Gasteiger partial charge >= 0.3 is 0 Å². The lowest BCUT2D eigenvalue weighted by Gasteiger charge is -2.18. The van der Waals surface area contributed by atoms with E-state index in [2.05, 4.69) is 32.2 Å². The molecule has 1 amide bonds. The van der Waals surface area contributed by atoms with Crippen LogP contribution >= 0.6 is 24.2 Å². The minimum atomic E-state index is -0.147. The molecule has 0 saturated carbocycles. The molecular formula is C18H23ClN2OS. The highest BCUT2D eigenvalue weighted by Crippen LogP contribution is 2.33. The van der Waals surface area contributed by atoms with Crippen molar-refractivity contribution < 1.29 is 4.79 Å². The summed E-state index contributed by atoms with van der Waals surface area (Å²) in [6, 6.07) is 13.1. The third-order valence-electron chi connectivity index (χ3n) is 3.02. The lowest BCUT2D eigenvalue weighted by molar-refractivity contribution is 0.102. The van der Waals surface area contributed by atoms with Crippen LogP contribution in [0.25, 0.3) is 0 Å². The zero-order chi connectivity index (χ0) is 16.3. The van der Waals surface area contributed by atoms with Crippen molar-refractivity contribution in [3.8, 4) is 0 Å². The van der Waals surface area contributed by atoms with Gasteiger partial charge in [0.2, 0.25) is 0 Å². The average molecular weight is 351 g/mol. The van der Waals surface area contributed by atoms with Crippen molar-refractivity contribution in [2.45, 2.75) is 37.3 Å². The van der Waals surface area contributed by atoms with Crippen LogP contribution in [0.5, 0.6) is 0 Å². The number of halogens is 1. The lowest BCUT2D eigenvalue weighted by atomic mass is 10.1. The molecule has 23 heavy (non-hydrogen) atoms. The Balaban J connectivity index is 0.00000264. The second kappa shape index (κ2) is 7.75. The zero-order valence-electron chi connectivity index (χ0n) is 13.8. The van der Waals surface area contributed by atoms with Gasteiger partial charge in [-0.25, -0.2) is 0 Å². The van der Waals surface area contributed by atoms with Crippen molar-refractivity contribution in [2.75, 3.05) is 11.1 Å². The average Bonchev–Trinajstić information content (AvgIpc) is 2.40. The normalized spacial score (nSPS) is 10.8. The summed E-state index contributed by atoms with van der Waals surface area (Å²) >= 11 is 1.81. The van der Waals surface area contributed by atoms with Crippen LogP contribution in [0.15, 0.2) is 47.4 Å². The van der Waals surface area contributed by atoms with E-state index < -0.39 is 0 Å². The molecule has 2 rings (SSSR count). The number of hydrogen-bond acceptors (Lipinski definition) is 3. The van der Waals surface area contributed by atoms with Gasteiger partial charge in [-0.2, -0.15) is 0 Å². The second-order valence-electron chi connectivity index (χ2n) is 6.27. The van der Waals surface area contributed by atoms with Gasteiger partial charge in [0.1, 0.15) is 0 Å². The van der Waals surface area contributed by atoms with Crippen LogP contribution < -0.4 is 11.1 Å². The Hall–Kier alpha value is -1.65. The lowest BCUT2D eigenvalue weighted by Crippen LogP contribution is -2.13. The fourth-order valence-corrected chi connectivity index (χ4v) is 3.15. The van der Waals surface area contributed by atoms with Crippen LogP contribution in [0.3, 0.4) is 0 Å². The van der Waals surface area contributed by atoms with E-state index >= 15 is 0 Å². The topological polar surface area (TPSA) is 55.1 Å². The molecule has 124 valence electrons. The molecule has 0 bridgehead atoms. The fourth-order valence-electron chi connectivity index (χ4n) is 2.07. The first-order valence-electron chi connectivity index (χ1n) is 7.21. The molecular weight excluding hydrogens is 328 g/mol. The molecule has 0 spiro atoms. The number of carbonyl (C=O) groups excluding carboxylic acids is 1. The number of nitrogens with one attached hydrogen (secondary N) is 1. The summed E-state index contributed by atoms with van der Waals surface area (Å²) < 4.78 is 0.165. The third-order valence-corrected chi connectivity index (χ3v) is 4.12. The van der Waals surface area contributed by atoms with Crippen molar-refractivity contribution in [1.82, 2.24) is 0 Å². The highest BCUT2D eigenvalue weighted by atomic mass is 35.5. The monoisotopic (exact) mass is 350 g/mol. The summed E-state index contributed by atoms with van der Waals surface area (Å²) in [5.41, 5.74) is 8.73. The Bertz CT molecular complexity index is 696. The van der Waals surface area contributed by atoms with Crippen molar-refractivity contribution in [3.63, 3.8) is 0 Å². The number of rotatable bonds is 3. The van der Waals surface area contributed by atoms with E-state index in [1.54, 1.807) is 24.3 Å². The zero-order valence-corrected chi connectivity index (χ0v) is 15.5. The maximum absolute atomic E-state index is 12.3. The fraction of sp³-hybridized carbons (Fsp3) is 0.278. The van der Waals surface area contributed by atoms with Crippen molar-refractivity contribution in [2.24, 2.45) is 0 Å². The summed E-state index contributed by atoms with van der Waals surface area (Å²) in [5.74, 6) is -0.147. The van der Waals surface area contributed by atoms with Gasteiger partial charge in [-0.1, -0.05) is 26.8 Å². The van der Waals surface area contributed by atoms with E-state index in [1.807, 2.05) is 30.8 Å². The molecule has 0 aromatic heterocycles. The molecule has 3 nitrogen and oxygen atoms in total. The van der Waals surface area contributed by atoms with Gasteiger partial charge in [0.05, 0.1) is 0 Å². The first-order chi connectivity index (χ1) is 10.2. The molecule has 0 aliphatic heterocycles. The predicted molar refractivity (Wildman–Crippen MR) is 103 cm³/mol. The van der Waals surface area contributed by atoms with E-state index in [4.69, 9.17) is 5.73 Å². The van der Waals surface area contributed by atoms with E-state index in [9.17, 15) is 4.79 Å². The molecule has 5 heteroatoms. The number of amides is 1. The van der Waals surface area contributed by atoms with Gasteiger partial charge in [-0.3, -0.25) is 4.79 Å². The van der Waals surface area contributed by atoms with Crippen LogP contribution in [-0.2, 0) is 0 Å². The summed E-state index contributed by atoms with van der Waals surface area (Å²) in [4.78, 5) is 13.5. The van der Waals surface area contributed by atoms with Crippen molar-refractivity contribution in [1.29, 1.82) is 0 Å². The summed E-state index contributed by atoms with van der Waals surface area (Å²) in [6.07, 6.45) is 0. The van der Waals surface area contributed by atoms with Gasteiger partial charge in [0, 0.05) is 26.6 Å². The van der Waals surface area contributed by atoms with E-state index in [0.717, 1.165) is 11.3 Å². The van der Waals surface area contributed by atoms with Crippen LogP contribution in [-0.4, -0.2) is 10.7 Å². The van der Waals surface area contributed by atoms with Crippen LogP contribution in [0.1, 0.15) is 36.7 Å². The molecule has 0 aliphatic carbocycles. The number of nitrogen functional groups attached to an aromatic ring is 1. The van der Waals surface area contributed by atoms with Crippen molar-refractivity contribution >= 4 is 41.5 Å². The minimum Gasteiger partial charge on any atom is -0.399 e. The Kier molecular flexibility index (Phi) is 6.54. The molecule has 0 heterocycles. The maximum atomic E-state index is 12.3. The van der Waals surface area contributed by atoms with Gasteiger partial charge in [-0.15, -0.1) is 24.2 Å². The largest absolute Gasteiger partial charge is 0.399 e. The van der Waals surface area contributed by atoms with Crippen LogP contribution in [0.2, 0.25) is 0 Å². The smallest absolute Gasteiger partial charge is 0.255 e. The quantitative estimate of drug-likeness (QED) is 0.595. The second-order valence-corrected chi connectivity index (χ2v) is 8.17. The van der Waals surface area contributed by atoms with E-state index in [0.29, 0.717) is 11.3 Å². The molecule has 0 radical (unpaired) electrons. The van der Waals surface area contributed by atoms with Crippen LogP contribution in [0.4, 0.5) is 11.4 Å². The van der Waals surface area contributed by atoms with Gasteiger partial charge in [0.15, 0.2) is 0 Å². The number of hydrogen-bond donors (Lipinski definition) is 2. The number of carbonyl (C=O) groups is 1. The molecule has 0 atom stereocenters. The Morgan fingerprint density at radius 3 is 2.39 bits per heavy atom. The number of anilines is 2. The van der Waals surface area contributed by atoms with Crippen molar-refractivity contribution in [3.05, 3.63) is 53.6 Å². The molecule has 0 saturated heterocycles. The number of aryl methyl sites for hydroxylation is 1.